The lowest BCUT2D eigenvalue weighted by Gasteiger charge is -2.17. The van der Waals surface area contributed by atoms with Crippen molar-refractivity contribution < 1.29 is 14.5 Å². The van der Waals surface area contributed by atoms with E-state index in [2.05, 4.69) is 10.6 Å². The van der Waals surface area contributed by atoms with E-state index in [4.69, 9.17) is 0 Å². The average molecular weight is 464 g/mol. The first-order valence-electron chi connectivity index (χ1n) is 10.5. The Kier molecular flexibility index (Phi) is 7.84. The van der Waals surface area contributed by atoms with Gasteiger partial charge in [-0.2, -0.15) is 0 Å². The van der Waals surface area contributed by atoms with Gasteiger partial charge in [0.25, 0.3) is 11.6 Å². The molecular weight excluding hydrogens is 438 g/mol. The van der Waals surface area contributed by atoms with Crippen molar-refractivity contribution in [2.24, 2.45) is 0 Å². The minimum Gasteiger partial charge on any atom is -0.325 e. The molecule has 0 aliphatic carbocycles. The van der Waals surface area contributed by atoms with E-state index in [1.54, 1.807) is 12.1 Å². The van der Waals surface area contributed by atoms with Crippen LogP contribution in [0.3, 0.4) is 0 Å². The van der Waals surface area contributed by atoms with Gasteiger partial charge in [0.15, 0.2) is 0 Å². The second kappa shape index (κ2) is 10.8. The normalized spacial score (nSPS) is 11.5. The van der Waals surface area contributed by atoms with Gasteiger partial charge in [0.2, 0.25) is 5.91 Å². The number of carbonyl (C=O) groups excluding carboxylic acids is 2. The average Bonchev–Trinajstić information content (AvgIpc) is 2.79. The largest absolute Gasteiger partial charge is 0.325 e. The van der Waals surface area contributed by atoms with Crippen molar-refractivity contribution in [3.8, 4) is 0 Å². The van der Waals surface area contributed by atoms with Gasteiger partial charge in [-0.1, -0.05) is 30.7 Å². The SMILES string of the molecule is CCC(Sc1cccc(NC(=O)c2ccc([N+](=O)[O-])cc2)c1)C(=O)Nc1ccc(C)cc1C. The molecule has 3 aromatic rings. The Morgan fingerprint density at radius 1 is 1.00 bits per heavy atom. The molecule has 3 aromatic carbocycles. The predicted octanol–water partition coefficient (Wildman–Crippen LogP) is 5.97. The van der Waals surface area contributed by atoms with Gasteiger partial charge in [-0.05, 0) is 62.2 Å². The lowest BCUT2D eigenvalue weighted by molar-refractivity contribution is -0.384. The second-order valence-electron chi connectivity index (χ2n) is 7.61. The van der Waals surface area contributed by atoms with Crippen LogP contribution < -0.4 is 10.6 Å². The highest BCUT2D eigenvalue weighted by Crippen LogP contribution is 2.29. The van der Waals surface area contributed by atoms with E-state index in [1.807, 2.05) is 51.1 Å². The van der Waals surface area contributed by atoms with Crippen LogP contribution in [0.25, 0.3) is 0 Å². The van der Waals surface area contributed by atoms with Gasteiger partial charge in [-0.25, -0.2) is 0 Å². The highest BCUT2D eigenvalue weighted by Gasteiger charge is 2.19. The number of hydrogen-bond acceptors (Lipinski definition) is 5. The number of thioether (sulfide) groups is 1. The maximum atomic E-state index is 12.9. The smallest absolute Gasteiger partial charge is 0.269 e. The quantitative estimate of drug-likeness (QED) is 0.243. The monoisotopic (exact) mass is 463 g/mol. The van der Waals surface area contributed by atoms with Gasteiger partial charge < -0.3 is 10.6 Å². The third-order valence-corrected chi connectivity index (χ3v) is 6.37. The van der Waals surface area contributed by atoms with Crippen LogP contribution in [0.4, 0.5) is 17.1 Å². The van der Waals surface area contributed by atoms with E-state index in [1.165, 1.54) is 36.0 Å². The number of carbonyl (C=O) groups is 2. The summed E-state index contributed by atoms with van der Waals surface area (Å²) in [6.45, 7) is 5.93. The number of nitro groups is 1. The molecule has 0 radical (unpaired) electrons. The first kappa shape index (κ1) is 24.0. The van der Waals surface area contributed by atoms with Crippen LogP contribution in [0.15, 0.2) is 71.6 Å². The fourth-order valence-corrected chi connectivity index (χ4v) is 4.25. The van der Waals surface area contributed by atoms with Gasteiger partial charge in [-0.15, -0.1) is 11.8 Å². The molecule has 0 aliphatic rings. The molecule has 0 saturated carbocycles. The number of amides is 2. The Hall–Kier alpha value is -3.65. The lowest BCUT2D eigenvalue weighted by atomic mass is 10.1. The van der Waals surface area contributed by atoms with E-state index in [0.717, 1.165) is 21.7 Å². The summed E-state index contributed by atoms with van der Waals surface area (Å²) in [6, 6.07) is 18.6. The lowest BCUT2D eigenvalue weighted by Crippen LogP contribution is -2.25. The summed E-state index contributed by atoms with van der Waals surface area (Å²) in [6.07, 6.45) is 0.640. The minimum atomic E-state index is -0.511. The molecule has 3 rings (SSSR count). The van der Waals surface area contributed by atoms with E-state index in [-0.39, 0.29) is 22.8 Å². The summed E-state index contributed by atoms with van der Waals surface area (Å²) in [4.78, 5) is 36.5. The van der Waals surface area contributed by atoms with E-state index in [0.29, 0.717) is 17.7 Å². The predicted molar refractivity (Wildman–Crippen MR) is 132 cm³/mol. The van der Waals surface area contributed by atoms with Gasteiger partial charge in [0.05, 0.1) is 10.2 Å². The number of benzene rings is 3. The summed E-state index contributed by atoms with van der Waals surface area (Å²) in [5, 5.41) is 16.3. The summed E-state index contributed by atoms with van der Waals surface area (Å²) in [5.41, 5.74) is 3.77. The molecule has 0 heterocycles. The number of nitro benzene ring substituents is 1. The molecule has 0 aliphatic heterocycles. The fraction of sp³-hybridized carbons (Fsp3) is 0.200. The number of nitrogens with zero attached hydrogens (tertiary/aromatic N) is 1. The maximum absolute atomic E-state index is 12.9. The summed E-state index contributed by atoms with van der Waals surface area (Å²) >= 11 is 1.43. The minimum absolute atomic E-state index is 0.0743. The van der Waals surface area contributed by atoms with Crippen LogP contribution in [0, 0.1) is 24.0 Å². The topological polar surface area (TPSA) is 101 Å². The van der Waals surface area contributed by atoms with Gasteiger partial charge in [0, 0.05) is 34.0 Å². The highest BCUT2D eigenvalue weighted by atomic mass is 32.2. The Morgan fingerprint density at radius 3 is 2.36 bits per heavy atom. The van der Waals surface area contributed by atoms with E-state index >= 15 is 0 Å². The molecule has 8 heteroatoms. The van der Waals surface area contributed by atoms with Crippen LogP contribution in [-0.4, -0.2) is 22.0 Å². The molecule has 0 saturated heterocycles. The van der Waals surface area contributed by atoms with Crippen molar-refractivity contribution in [1.82, 2.24) is 0 Å². The number of nitrogens with one attached hydrogen (secondary N) is 2. The number of rotatable bonds is 8. The van der Waals surface area contributed by atoms with Crippen LogP contribution in [-0.2, 0) is 4.79 Å². The van der Waals surface area contributed by atoms with Crippen molar-refractivity contribution >= 4 is 40.6 Å². The first-order valence-corrected chi connectivity index (χ1v) is 11.4. The van der Waals surface area contributed by atoms with Crippen LogP contribution in [0.2, 0.25) is 0 Å². The third kappa shape index (κ3) is 6.43. The molecule has 0 fully saturated rings. The Morgan fingerprint density at radius 2 is 1.73 bits per heavy atom. The zero-order valence-electron chi connectivity index (χ0n) is 18.6. The molecular formula is C25H25N3O4S. The van der Waals surface area contributed by atoms with Crippen LogP contribution in [0.5, 0.6) is 0 Å². The molecule has 2 N–H and O–H groups in total. The Bertz CT molecular complexity index is 1180. The van der Waals surface area contributed by atoms with Gasteiger partial charge in [0.1, 0.15) is 0 Å². The van der Waals surface area contributed by atoms with Crippen molar-refractivity contribution in [2.75, 3.05) is 10.6 Å². The summed E-state index contributed by atoms with van der Waals surface area (Å²) < 4.78 is 0. The fourth-order valence-electron chi connectivity index (χ4n) is 3.24. The van der Waals surface area contributed by atoms with Crippen molar-refractivity contribution in [3.63, 3.8) is 0 Å². The van der Waals surface area contributed by atoms with Crippen LogP contribution >= 0.6 is 11.8 Å². The summed E-state index contributed by atoms with van der Waals surface area (Å²) in [5.74, 6) is -0.443. The standard InChI is InChI=1S/C25H25N3O4S/c1-4-23(25(30)27-22-13-8-16(2)14-17(22)3)33-21-7-5-6-19(15-21)26-24(29)18-9-11-20(12-10-18)28(31)32/h5-15,23H,4H2,1-3H3,(H,26,29)(H,27,30). The van der Waals surface area contributed by atoms with Crippen LogP contribution in [0.1, 0.15) is 34.8 Å². The second-order valence-corrected chi connectivity index (χ2v) is 8.88. The molecule has 7 nitrogen and oxygen atoms in total. The molecule has 33 heavy (non-hydrogen) atoms. The number of aryl methyl sites for hydroxylation is 2. The zero-order valence-corrected chi connectivity index (χ0v) is 19.4. The zero-order chi connectivity index (χ0) is 24.0. The number of non-ortho nitro benzene ring substituents is 1. The van der Waals surface area contributed by atoms with Crippen molar-refractivity contribution in [3.05, 3.63) is 93.5 Å². The molecule has 170 valence electrons. The molecule has 1 atom stereocenters. The van der Waals surface area contributed by atoms with E-state index < -0.39 is 4.92 Å². The molecule has 0 aromatic heterocycles. The van der Waals surface area contributed by atoms with Crippen molar-refractivity contribution in [1.29, 1.82) is 0 Å². The summed E-state index contributed by atoms with van der Waals surface area (Å²) in [7, 11) is 0. The number of hydrogen-bond donors (Lipinski definition) is 2. The van der Waals surface area contributed by atoms with Gasteiger partial charge in [-0.3, -0.25) is 19.7 Å². The molecule has 0 bridgehead atoms. The van der Waals surface area contributed by atoms with E-state index in [9.17, 15) is 19.7 Å². The van der Waals surface area contributed by atoms with Crippen molar-refractivity contribution in [2.45, 2.75) is 37.3 Å². The molecule has 1 unspecified atom stereocenters. The number of anilines is 2. The first-order chi connectivity index (χ1) is 15.8. The Labute approximate surface area is 196 Å². The Balaban J connectivity index is 1.66. The highest BCUT2D eigenvalue weighted by molar-refractivity contribution is 8.00. The molecule has 2 amide bonds. The van der Waals surface area contributed by atoms with Gasteiger partial charge >= 0.3 is 0 Å². The third-order valence-electron chi connectivity index (χ3n) is 5.01. The maximum Gasteiger partial charge on any atom is 0.269 e. The molecule has 0 spiro atoms.